The summed E-state index contributed by atoms with van der Waals surface area (Å²) < 4.78 is 0. The van der Waals surface area contributed by atoms with E-state index < -0.39 is 5.91 Å². The number of carbonyl (C=O) groups excluding carboxylic acids is 3. The molecule has 158 valence electrons. The number of nitrogens with one attached hydrogen (secondary N) is 1. The summed E-state index contributed by atoms with van der Waals surface area (Å²) in [6.07, 6.45) is 1.24. The fraction of sp³-hybridized carbons (Fsp3) is 0.364. The minimum absolute atomic E-state index is 0.0316. The van der Waals surface area contributed by atoms with Crippen molar-refractivity contribution in [1.29, 1.82) is 0 Å². The largest absolute Gasteiger partial charge is 0.366 e. The van der Waals surface area contributed by atoms with E-state index in [1.807, 2.05) is 30.3 Å². The van der Waals surface area contributed by atoms with Gasteiger partial charge in [0.05, 0.1) is 6.54 Å². The van der Waals surface area contributed by atoms with Crippen LogP contribution in [0.15, 0.2) is 42.5 Å². The van der Waals surface area contributed by atoms with Gasteiger partial charge in [-0.25, -0.2) is 4.98 Å². The Bertz CT molecular complexity index is 916. The van der Waals surface area contributed by atoms with Gasteiger partial charge in [0.15, 0.2) is 0 Å². The highest BCUT2D eigenvalue weighted by atomic mass is 16.2. The first kappa shape index (κ1) is 21.4. The molecular weight excluding hydrogens is 382 g/mol. The third-order valence-corrected chi connectivity index (χ3v) is 5.04. The minimum atomic E-state index is -0.591. The molecule has 0 atom stereocenters. The number of carbonyl (C=O) groups is 3. The van der Waals surface area contributed by atoms with E-state index in [0.29, 0.717) is 31.7 Å². The number of piperazine rings is 1. The van der Waals surface area contributed by atoms with E-state index >= 15 is 0 Å². The zero-order valence-corrected chi connectivity index (χ0v) is 17.1. The molecule has 3 N–H and O–H groups in total. The number of nitrogens with two attached hydrogens (primary N) is 1. The van der Waals surface area contributed by atoms with Crippen molar-refractivity contribution in [2.75, 3.05) is 39.8 Å². The zero-order chi connectivity index (χ0) is 21.5. The lowest BCUT2D eigenvalue weighted by Gasteiger charge is -2.27. The maximum Gasteiger partial charge on any atom is 0.272 e. The predicted octanol–water partition coefficient (Wildman–Crippen LogP) is 0.665. The maximum atomic E-state index is 12.9. The van der Waals surface area contributed by atoms with Crippen LogP contribution in [0.25, 0.3) is 0 Å². The average Bonchev–Trinajstić information content (AvgIpc) is 2.73. The molecule has 0 bridgehead atoms. The molecule has 0 radical (unpaired) electrons. The van der Waals surface area contributed by atoms with Gasteiger partial charge < -0.3 is 16.0 Å². The highest BCUT2D eigenvalue weighted by Crippen LogP contribution is 2.13. The van der Waals surface area contributed by atoms with Crippen molar-refractivity contribution in [2.24, 2.45) is 5.73 Å². The molecule has 1 saturated heterocycles. The average molecular weight is 409 g/mol. The van der Waals surface area contributed by atoms with E-state index in [9.17, 15) is 14.4 Å². The van der Waals surface area contributed by atoms with E-state index in [4.69, 9.17) is 5.73 Å². The van der Waals surface area contributed by atoms with Crippen molar-refractivity contribution in [2.45, 2.75) is 12.8 Å². The molecular formula is C22H27N5O3. The lowest BCUT2D eigenvalue weighted by molar-refractivity contribution is -0.124. The number of rotatable bonds is 8. The lowest BCUT2D eigenvalue weighted by Crippen LogP contribution is -2.48. The van der Waals surface area contributed by atoms with Gasteiger partial charge in [-0.2, -0.15) is 0 Å². The summed E-state index contributed by atoms with van der Waals surface area (Å²) in [5.74, 6) is -0.820. The number of hydrogen-bond donors (Lipinski definition) is 2. The van der Waals surface area contributed by atoms with Crippen LogP contribution >= 0.6 is 0 Å². The number of primary amides is 1. The van der Waals surface area contributed by atoms with Gasteiger partial charge in [-0.3, -0.25) is 19.3 Å². The second-order valence-electron chi connectivity index (χ2n) is 7.47. The summed E-state index contributed by atoms with van der Waals surface area (Å²) in [6.45, 7) is 3.12. The molecule has 1 aromatic carbocycles. The fourth-order valence-electron chi connectivity index (χ4n) is 3.45. The molecule has 0 unspecified atom stereocenters. The Balaban J connectivity index is 1.65. The number of benzene rings is 1. The summed E-state index contributed by atoms with van der Waals surface area (Å²) in [5, 5.41) is 2.80. The fourth-order valence-corrected chi connectivity index (χ4v) is 3.45. The Hall–Kier alpha value is -3.26. The molecule has 2 aromatic rings. The molecule has 3 rings (SSSR count). The van der Waals surface area contributed by atoms with Crippen LogP contribution in [0.4, 0.5) is 0 Å². The van der Waals surface area contributed by atoms with Gasteiger partial charge in [-0.1, -0.05) is 30.3 Å². The Morgan fingerprint density at radius 2 is 2.00 bits per heavy atom. The van der Waals surface area contributed by atoms with Crippen LogP contribution in [0.3, 0.4) is 0 Å². The Morgan fingerprint density at radius 3 is 2.70 bits per heavy atom. The van der Waals surface area contributed by atoms with Crippen LogP contribution in [0, 0.1) is 0 Å². The third kappa shape index (κ3) is 5.87. The lowest BCUT2D eigenvalue weighted by atomic mass is 10.1. The van der Waals surface area contributed by atoms with Gasteiger partial charge in [0.2, 0.25) is 11.8 Å². The maximum absolute atomic E-state index is 12.9. The summed E-state index contributed by atoms with van der Waals surface area (Å²) in [4.78, 5) is 44.2. The van der Waals surface area contributed by atoms with E-state index in [-0.39, 0.29) is 23.1 Å². The van der Waals surface area contributed by atoms with Crippen molar-refractivity contribution < 1.29 is 14.4 Å². The first-order valence-electron chi connectivity index (χ1n) is 10.0. The molecule has 8 heteroatoms. The van der Waals surface area contributed by atoms with E-state index in [0.717, 1.165) is 25.1 Å². The van der Waals surface area contributed by atoms with Gasteiger partial charge in [0.1, 0.15) is 5.69 Å². The Labute approximate surface area is 176 Å². The Morgan fingerprint density at radius 1 is 1.23 bits per heavy atom. The third-order valence-electron chi connectivity index (χ3n) is 5.04. The van der Waals surface area contributed by atoms with Crippen molar-refractivity contribution >= 4 is 17.7 Å². The van der Waals surface area contributed by atoms with Gasteiger partial charge in [-0.15, -0.1) is 0 Å². The van der Waals surface area contributed by atoms with Crippen LogP contribution in [0.2, 0.25) is 0 Å². The highest BCUT2D eigenvalue weighted by molar-refractivity contribution is 5.97. The van der Waals surface area contributed by atoms with Crippen molar-refractivity contribution in [3.8, 4) is 0 Å². The molecule has 1 aromatic heterocycles. The topological polar surface area (TPSA) is 109 Å². The SMILES string of the molecule is CN(CCCN1CCNC(=O)C1)C(=O)c1cc(C(N)=O)cc(Cc2ccccc2)n1. The monoisotopic (exact) mass is 409 g/mol. The van der Waals surface area contributed by atoms with Crippen molar-refractivity contribution in [3.05, 3.63) is 65.0 Å². The van der Waals surface area contributed by atoms with Crippen LogP contribution in [-0.4, -0.2) is 72.3 Å². The first-order chi connectivity index (χ1) is 14.4. The van der Waals surface area contributed by atoms with E-state index in [1.165, 1.54) is 6.07 Å². The summed E-state index contributed by atoms with van der Waals surface area (Å²) >= 11 is 0. The number of nitrogens with zero attached hydrogens (tertiary/aromatic N) is 3. The highest BCUT2D eigenvalue weighted by Gasteiger charge is 2.19. The molecule has 2 heterocycles. The number of hydrogen-bond acceptors (Lipinski definition) is 5. The van der Waals surface area contributed by atoms with Crippen LogP contribution in [0.1, 0.15) is 38.5 Å². The molecule has 0 saturated carbocycles. The zero-order valence-electron chi connectivity index (χ0n) is 17.1. The van der Waals surface area contributed by atoms with Gasteiger partial charge in [0.25, 0.3) is 5.91 Å². The van der Waals surface area contributed by atoms with E-state index in [2.05, 4.69) is 15.2 Å². The number of aromatic nitrogens is 1. The Kier molecular flexibility index (Phi) is 7.13. The second-order valence-corrected chi connectivity index (χ2v) is 7.47. The summed E-state index contributed by atoms with van der Waals surface area (Å²) in [5.41, 5.74) is 7.59. The molecule has 0 spiro atoms. The molecule has 0 aliphatic carbocycles. The molecule has 3 amide bonds. The molecule has 1 aliphatic rings. The van der Waals surface area contributed by atoms with E-state index in [1.54, 1.807) is 18.0 Å². The van der Waals surface area contributed by atoms with Crippen molar-refractivity contribution in [3.63, 3.8) is 0 Å². The predicted molar refractivity (Wildman–Crippen MR) is 113 cm³/mol. The molecule has 1 aliphatic heterocycles. The van der Waals surface area contributed by atoms with Gasteiger partial charge in [0, 0.05) is 50.9 Å². The van der Waals surface area contributed by atoms with Gasteiger partial charge in [-0.05, 0) is 24.1 Å². The van der Waals surface area contributed by atoms with Crippen LogP contribution in [-0.2, 0) is 11.2 Å². The smallest absolute Gasteiger partial charge is 0.272 e. The standard InChI is InChI=1S/C22H27N5O3/c1-26(9-5-10-27-11-8-24-20(28)15-27)22(30)19-14-17(21(23)29)13-18(25-19)12-16-6-3-2-4-7-16/h2-4,6-7,13-14H,5,8-12,15H2,1H3,(H2,23,29)(H,24,28). The normalized spacial score (nSPS) is 14.2. The molecule has 30 heavy (non-hydrogen) atoms. The second kappa shape index (κ2) is 9.98. The molecule has 8 nitrogen and oxygen atoms in total. The van der Waals surface area contributed by atoms with Crippen molar-refractivity contribution in [1.82, 2.24) is 20.1 Å². The summed E-state index contributed by atoms with van der Waals surface area (Å²) in [6, 6.07) is 12.8. The summed E-state index contributed by atoms with van der Waals surface area (Å²) in [7, 11) is 1.71. The van der Waals surface area contributed by atoms with Crippen LogP contribution < -0.4 is 11.1 Å². The van der Waals surface area contributed by atoms with Crippen LogP contribution in [0.5, 0.6) is 0 Å². The molecule has 1 fully saturated rings. The van der Waals surface area contributed by atoms with Gasteiger partial charge >= 0.3 is 0 Å². The quantitative estimate of drug-likeness (QED) is 0.666. The number of pyridine rings is 1. The first-order valence-corrected chi connectivity index (χ1v) is 10.0. The number of amides is 3. The minimum Gasteiger partial charge on any atom is -0.366 e.